The Morgan fingerprint density at radius 2 is 1.28 bits per heavy atom. The Kier molecular flexibility index (Phi) is 5.12. The zero-order chi connectivity index (χ0) is 12.5. The molecular weight excluding hydrogens is 224 g/mol. The molecule has 0 amide bonds. The van der Waals surface area contributed by atoms with E-state index in [9.17, 15) is 0 Å². The van der Waals surface area contributed by atoms with E-state index in [2.05, 4.69) is 12.2 Å². The van der Waals surface area contributed by atoms with Crippen LogP contribution in [0.1, 0.15) is 37.2 Å². The predicted molar refractivity (Wildman–Crippen MR) is 74.0 cm³/mol. The fourth-order valence-electron chi connectivity index (χ4n) is 1.70. The minimum absolute atomic E-state index is 0.924. The largest absolute Gasteiger partial charge is 0.465 e. The third-order valence-corrected chi connectivity index (χ3v) is 2.64. The molecule has 18 heavy (non-hydrogen) atoms. The van der Waals surface area contributed by atoms with Gasteiger partial charge in [-0.15, -0.1) is 0 Å². The van der Waals surface area contributed by atoms with Crippen molar-refractivity contribution in [3.05, 3.63) is 60.5 Å². The van der Waals surface area contributed by atoms with Crippen molar-refractivity contribution in [3.63, 3.8) is 0 Å². The highest BCUT2D eigenvalue weighted by molar-refractivity contribution is 5.42. The Bertz CT molecular complexity index is 415. The fraction of sp³-hybridized carbons (Fsp3) is 0.250. The third kappa shape index (κ3) is 4.50. The highest BCUT2D eigenvalue weighted by Crippen LogP contribution is 2.08. The standard InChI is InChI=1S/C16H18O2/c1(3-5-9-15-11-7-13-17-15)2-4-6-10-16-12-8-14-18-16/h5-14H,1-4H2. The van der Waals surface area contributed by atoms with Crippen molar-refractivity contribution in [2.75, 3.05) is 0 Å². The molecule has 0 fully saturated rings. The molecule has 0 atom stereocenters. The van der Waals surface area contributed by atoms with Gasteiger partial charge < -0.3 is 8.83 Å². The molecule has 2 nitrogen and oxygen atoms in total. The fourth-order valence-corrected chi connectivity index (χ4v) is 1.70. The van der Waals surface area contributed by atoms with Gasteiger partial charge in [-0.05, 0) is 62.1 Å². The van der Waals surface area contributed by atoms with Gasteiger partial charge in [-0.3, -0.25) is 0 Å². The van der Waals surface area contributed by atoms with Crippen LogP contribution in [0.15, 0.2) is 57.8 Å². The highest BCUT2D eigenvalue weighted by Gasteiger charge is 1.89. The van der Waals surface area contributed by atoms with Gasteiger partial charge in [0.15, 0.2) is 0 Å². The number of unbranched alkanes of at least 4 members (excludes halogenated alkanes) is 3. The first-order chi connectivity index (χ1) is 8.95. The molecule has 2 rings (SSSR count). The number of hydrogen-bond acceptors (Lipinski definition) is 2. The SMILES string of the molecule is C(=Cc1ccco1)CCCCC=Cc1ccco1. The Hall–Kier alpha value is -1.96. The van der Waals surface area contributed by atoms with E-state index in [0.717, 1.165) is 24.4 Å². The van der Waals surface area contributed by atoms with Gasteiger partial charge in [-0.1, -0.05) is 12.2 Å². The molecule has 0 bridgehead atoms. The quantitative estimate of drug-likeness (QED) is 0.627. The van der Waals surface area contributed by atoms with E-state index >= 15 is 0 Å². The van der Waals surface area contributed by atoms with Gasteiger partial charge >= 0.3 is 0 Å². The second-order valence-corrected chi connectivity index (χ2v) is 4.12. The molecule has 0 saturated carbocycles. The topological polar surface area (TPSA) is 26.3 Å². The molecule has 0 spiro atoms. The maximum absolute atomic E-state index is 5.21. The lowest BCUT2D eigenvalue weighted by Crippen LogP contribution is -1.72. The number of rotatable bonds is 7. The second-order valence-electron chi connectivity index (χ2n) is 4.12. The average Bonchev–Trinajstić information content (AvgIpc) is 3.05. The van der Waals surface area contributed by atoms with Crippen molar-refractivity contribution in [3.8, 4) is 0 Å². The third-order valence-electron chi connectivity index (χ3n) is 2.64. The summed E-state index contributed by atoms with van der Waals surface area (Å²) < 4.78 is 10.4. The molecule has 0 aliphatic carbocycles. The maximum Gasteiger partial charge on any atom is 0.126 e. The summed E-state index contributed by atoms with van der Waals surface area (Å²) in [5, 5.41) is 0. The highest BCUT2D eigenvalue weighted by atomic mass is 16.3. The molecule has 2 heteroatoms. The smallest absolute Gasteiger partial charge is 0.126 e. The van der Waals surface area contributed by atoms with Crippen LogP contribution in [0.2, 0.25) is 0 Å². The van der Waals surface area contributed by atoms with Gasteiger partial charge in [-0.2, -0.15) is 0 Å². The first-order valence-corrected chi connectivity index (χ1v) is 6.35. The summed E-state index contributed by atoms with van der Waals surface area (Å²) in [6.07, 6.45) is 16.3. The van der Waals surface area contributed by atoms with E-state index in [1.165, 1.54) is 12.8 Å². The van der Waals surface area contributed by atoms with Crippen LogP contribution in [0.3, 0.4) is 0 Å². The Morgan fingerprint density at radius 3 is 1.67 bits per heavy atom. The van der Waals surface area contributed by atoms with Crippen LogP contribution in [-0.2, 0) is 0 Å². The van der Waals surface area contributed by atoms with Crippen LogP contribution in [0.4, 0.5) is 0 Å². The molecule has 0 unspecified atom stereocenters. The first kappa shape index (κ1) is 12.5. The summed E-state index contributed by atoms with van der Waals surface area (Å²) in [6.45, 7) is 0. The molecule has 0 aliphatic rings. The van der Waals surface area contributed by atoms with Gasteiger partial charge in [0.25, 0.3) is 0 Å². The van der Waals surface area contributed by atoms with Crippen LogP contribution in [0.5, 0.6) is 0 Å². The minimum atomic E-state index is 0.924. The lowest BCUT2D eigenvalue weighted by atomic mass is 10.1. The molecule has 0 aliphatic heterocycles. The van der Waals surface area contributed by atoms with Gasteiger partial charge in [0.2, 0.25) is 0 Å². The summed E-state index contributed by atoms with van der Waals surface area (Å²) in [5.41, 5.74) is 0. The second kappa shape index (κ2) is 7.38. The molecule has 0 aromatic carbocycles. The van der Waals surface area contributed by atoms with E-state index in [1.54, 1.807) is 12.5 Å². The van der Waals surface area contributed by atoms with E-state index in [-0.39, 0.29) is 0 Å². The number of allylic oxidation sites excluding steroid dienone is 2. The lowest BCUT2D eigenvalue weighted by Gasteiger charge is -1.92. The molecular formula is C16H18O2. The molecule has 2 heterocycles. The maximum atomic E-state index is 5.21. The Morgan fingerprint density at radius 1 is 0.778 bits per heavy atom. The molecule has 94 valence electrons. The van der Waals surface area contributed by atoms with Crippen LogP contribution in [-0.4, -0.2) is 0 Å². The van der Waals surface area contributed by atoms with Gasteiger partial charge in [0.05, 0.1) is 12.5 Å². The monoisotopic (exact) mass is 242 g/mol. The Labute approximate surface area is 108 Å². The van der Waals surface area contributed by atoms with Gasteiger partial charge in [0.1, 0.15) is 11.5 Å². The van der Waals surface area contributed by atoms with Crippen LogP contribution >= 0.6 is 0 Å². The van der Waals surface area contributed by atoms with Crippen molar-refractivity contribution >= 4 is 12.2 Å². The summed E-state index contributed by atoms with van der Waals surface area (Å²) in [6, 6.07) is 7.73. The number of furan rings is 2. The molecule has 0 N–H and O–H groups in total. The van der Waals surface area contributed by atoms with E-state index in [4.69, 9.17) is 8.83 Å². The van der Waals surface area contributed by atoms with Crippen molar-refractivity contribution in [1.82, 2.24) is 0 Å². The normalized spacial score (nSPS) is 11.8. The summed E-state index contributed by atoms with van der Waals surface area (Å²) in [5.74, 6) is 1.85. The average molecular weight is 242 g/mol. The van der Waals surface area contributed by atoms with E-state index in [0.29, 0.717) is 0 Å². The first-order valence-electron chi connectivity index (χ1n) is 6.35. The van der Waals surface area contributed by atoms with Gasteiger partial charge in [0, 0.05) is 0 Å². The van der Waals surface area contributed by atoms with Gasteiger partial charge in [-0.25, -0.2) is 0 Å². The van der Waals surface area contributed by atoms with Crippen molar-refractivity contribution < 1.29 is 8.83 Å². The lowest BCUT2D eigenvalue weighted by molar-refractivity contribution is 0.556. The van der Waals surface area contributed by atoms with Crippen molar-refractivity contribution in [2.45, 2.75) is 25.7 Å². The number of hydrogen-bond donors (Lipinski definition) is 0. The molecule has 2 aromatic heterocycles. The van der Waals surface area contributed by atoms with E-state index in [1.807, 2.05) is 36.4 Å². The zero-order valence-electron chi connectivity index (χ0n) is 10.4. The van der Waals surface area contributed by atoms with Crippen LogP contribution < -0.4 is 0 Å². The molecule has 0 radical (unpaired) electrons. The van der Waals surface area contributed by atoms with E-state index < -0.39 is 0 Å². The summed E-state index contributed by atoms with van der Waals surface area (Å²) >= 11 is 0. The van der Waals surface area contributed by atoms with Crippen molar-refractivity contribution in [2.24, 2.45) is 0 Å². The zero-order valence-corrected chi connectivity index (χ0v) is 10.4. The summed E-state index contributed by atoms with van der Waals surface area (Å²) in [7, 11) is 0. The van der Waals surface area contributed by atoms with Crippen molar-refractivity contribution in [1.29, 1.82) is 0 Å². The predicted octanol–water partition coefficient (Wildman–Crippen LogP) is 5.16. The van der Waals surface area contributed by atoms with Crippen LogP contribution in [0, 0.1) is 0 Å². The Balaban J connectivity index is 1.54. The van der Waals surface area contributed by atoms with Crippen LogP contribution in [0.25, 0.3) is 12.2 Å². The minimum Gasteiger partial charge on any atom is -0.465 e. The summed E-state index contributed by atoms with van der Waals surface area (Å²) in [4.78, 5) is 0. The molecule has 2 aromatic rings. The molecule has 0 saturated heterocycles.